The summed E-state index contributed by atoms with van der Waals surface area (Å²) in [6, 6.07) is 4.14. The number of carbonyl (C=O) groups is 2. The Labute approximate surface area is 170 Å². The lowest BCUT2D eigenvalue weighted by molar-refractivity contribution is -0.151. The van der Waals surface area contributed by atoms with Gasteiger partial charge in [0.1, 0.15) is 0 Å². The van der Waals surface area contributed by atoms with Crippen molar-refractivity contribution in [3.63, 3.8) is 0 Å². The van der Waals surface area contributed by atoms with Gasteiger partial charge in [0.15, 0.2) is 0 Å². The van der Waals surface area contributed by atoms with Crippen LogP contribution in [0.25, 0.3) is 0 Å². The second kappa shape index (κ2) is 6.56. The summed E-state index contributed by atoms with van der Waals surface area (Å²) < 4.78 is 0. The predicted molar refractivity (Wildman–Crippen MR) is 108 cm³/mol. The number of thiophene rings is 1. The number of hydrogen-bond donors (Lipinski definition) is 3. The maximum absolute atomic E-state index is 12.9. The van der Waals surface area contributed by atoms with Crippen LogP contribution in [0.2, 0.25) is 0 Å². The largest absolute Gasteiger partial charge is 0.390 e. The van der Waals surface area contributed by atoms with E-state index in [9.17, 15) is 14.7 Å². The first-order chi connectivity index (χ1) is 13.4. The minimum Gasteiger partial charge on any atom is -0.390 e. The number of nitrogens with one attached hydrogen (secondary N) is 2. The van der Waals surface area contributed by atoms with Gasteiger partial charge in [0.2, 0.25) is 11.8 Å². The maximum Gasteiger partial charge on any atom is 0.220 e. The molecule has 1 aliphatic heterocycles. The van der Waals surface area contributed by atoms with Crippen molar-refractivity contribution in [3.05, 3.63) is 22.4 Å². The molecule has 2 amide bonds. The van der Waals surface area contributed by atoms with Gasteiger partial charge in [-0.2, -0.15) is 0 Å². The van der Waals surface area contributed by atoms with Crippen LogP contribution in [0, 0.1) is 11.8 Å². The second-order valence-electron chi connectivity index (χ2n) is 10.1. The molecule has 3 N–H and O–H groups in total. The molecule has 4 saturated carbocycles. The van der Waals surface area contributed by atoms with Gasteiger partial charge in [0, 0.05) is 35.2 Å². The Kier molecular flexibility index (Phi) is 4.36. The van der Waals surface area contributed by atoms with Crippen LogP contribution in [-0.2, 0) is 16.0 Å². The van der Waals surface area contributed by atoms with Gasteiger partial charge < -0.3 is 15.7 Å². The first-order valence-corrected chi connectivity index (χ1v) is 11.6. The van der Waals surface area contributed by atoms with Gasteiger partial charge in [-0.1, -0.05) is 6.07 Å². The summed E-state index contributed by atoms with van der Waals surface area (Å²) in [5.74, 6) is 1.30. The molecule has 152 valence electrons. The van der Waals surface area contributed by atoms with Crippen LogP contribution >= 0.6 is 11.3 Å². The Morgan fingerprint density at radius 1 is 1.29 bits per heavy atom. The molecule has 5 nitrogen and oxygen atoms in total. The fourth-order valence-electron chi connectivity index (χ4n) is 7.00. The standard InChI is InChI=1S/C22H30N2O3S/c25-18-3-5-20(23-18,13-17-2-1-7-28-17)6-4-19(26)24-21-9-15-8-16(10-21)12-22(27,11-15)14-21/h1-2,7,15-16,27H,3-6,8-14H2,(H,23,25)(H,24,26)/t15-,16-,20-,21?,22?/m0/s1. The normalized spacial score (nSPS) is 41.2. The minimum atomic E-state index is -0.558. The molecule has 1 aromatic rings. The van der Waals surface area contributed by atoms with Crippen LogP contribution in [0.3, 0.4) is 0 Å². The van der Waals surface area contributed by atoms with Gasteiger partial charge in [-0.15, -0.1) is 11.3 Å². The summed E-state index contributed by atoms with van der Waals surface area (Å²) in [6.07, 6.45) is 9.07. The Hall–Kier alpha value is -1.40. The Morgan fingerprint density at radius 3 is 2.68 bits per heavy atom. The number of hydrogen-bond acceptors (Lipinski definition) is 4. The average Bonchev–Trinajstić information content (AvgIpc) is 3.21. The van der Waals surface area contributed by atoms with Gasteiger partial charge in [0.05, 0.1) is 5.60 Å². The Morgan fingerprint density at radius 2 is 2.07 bits per heavy atom. The fraction of sp³-hybridized carbons (Fsp3) is 0.727. The van der Waals surface area contributed by atoms with E-state index >= 15 is 0 Å². The van der Waals surface area contributed by atoms with Gasteiger partial charge in [-0.25, -0.2) is 0 Å². The van der Waals surface area contributed by atoms with Gasteiger partial charge in [-0.3, -0.25) is 9.59 Å². The molecular weight excluding hydrogens is 372 g/mol. The number of carbonyl (C=O) groups excluding carboxylic acids is 2. The zero-order chi connectivity index (χ0) is 19.4. The van der Waals surface area contributed by atoms with E-state index in [1.807, 2.05) is 6.07 Å². The lowest BCUT2D eigenvalue weighted by Gasteiger charge is -2.60. The summed E-state index contributed by atoms with van der Waals surface area (Å²) >= 11 is 1.71. The summed E-state index contributed by atoms with van der Waals surface area (Å²) in [7, 11) is 0. The molecule has 6 heteroatoms. The molecule has 1 aromatic heterocycles. The highest BCUT2D eigenvalue weighted by atomic mass is 32.1. The van der Waals surface area contributed by atoms with Crippen molar-refractivity contribution in [1.29, 1.82) is 0 Å². The van der Waals surface area contributed by atoms with Crippen molar-refractivity contribution in [1.82, 2.24) is 10.6 Å². The van der Waals surface area contributed by atoms with E-state index in [1.54, 1.807) is 11.3 Å². The number of aliphatic hydroxyl groups is 1. The third kappa shape index (κ3) is 3.50. The molecule has 2 heterocycles. The molecule has 0 unspecified atom stereocenters. The first-order valence-electron chi connectivity index (χ1n) is 10.7. The van der Waals surface area contributed by atoms with E-state index in [1.165, 1.54) is 11.3 Å². The van der Waals surface area contributed by atoms with Gasteiger partial charge in [-0.05, 0) is 74.6 Å². The summed E-state index contributed by atoms with van der Waals surface area (Å²) in [6.45, 7) is 0. The van der Waals surface area contributed by atoms with Crippen molar-refractivity contribution < 1.29 is 14.7 Å². The summed E-state index contributed by atoms with van der Waals surface area (Å²) in [5, 5.41) is 19.5. The Balaban J connectivity index is 1.23. The molecule has 5 aliphatic rings. The predicted octanol–water partition coefficient (Wildman–Crippen LogP) is 2.92. The molecule has 0 spiro atoms. The topological polar surface area (TPSA) is 78.4 Å². The lowest BCUT2D eigenvalue weighted by Crippen LogP contribution is -2.65. The molecule has 5 fully saturated rings. The van der Waals surface area contributed by atoms with Crippen LogP contribution in [0.5, 0.6) is 0 Å². The molecule has 4 aliphatic carbocycles. The number of amides is 2. The molecule has 4 bridgehead atoms. The fourth-order valence-corrected chi connectivity index (χ4v) is 7.85. The molecular formula is C22H30N2O3S. The second-order valence-corrected chi connectivity index (χ2v) is 11.1. The minimum absolute atomic E-state index is 0.0808. The summed E-state index contributed by atoms with van der Waals surface area (Å²) in [5.41, 5.74) is -1.05. The van der Waals surface area contributed by atoms with Crippen molar-refractivity contribution in [3.8, 4) is 0 Å². The summed E-state index contributed by atoms with van der Waals surface area (Å²) in [4.78, 5) is 26.1. The highest BCUT2D eigenvalue weighted by Crippen LogP contribution is 2.57. The van der Waals surface area contributed by atoms with Crippen molar-refractivity contribution in [2.45, 2.75) is 87.3 Å². The quantitative estimate of drug-likeness (QED) is 0.685. The van der Waals surface area contributed by atoms with Gasteiger partial charge >= 0.3 is 0 Å². The molecule has 0 aromatic carbocycles. The third-order valence-electron chi connectivity index (χ3n) is 7.59. The molecule has 6 rings (SSSR count). The van der Waals surface area contributed by atoms with Crippen molar-refractivity contribution in [2.24, 2.45) is 11.8 Å². The van der Waals surface area contributed by atoms with Crippen molar-refractivity contribution in [2.75, 3.05) is 0 Å². The van der Waals surface area contributed by atoms with Crippen LogP contribution in [-0.4, -0.2) is 33.6 Å². The highest BCUT2D eigenvalue weighted by Gasteiger charge is 2.57. The molecule has 1 saturated heterocycles. The highest BCUT2D eigenvalue weighted by molar-refractivity contribution is 7.09. The van der Waals surface area contributed by atoms with Crippen LogP contribution in [0.4, 0.5) is 0 Å². The van der Waals surface area contributed by atoms with E-state index in [-0.39, 0.29) is 22.9 Å². The van der Waals surface area contributed by atoms with E-state index < -0.39 is 5.60 Å². The molecule has 28 heavy (non-hydrogen) atoms. The van der Waals surface area contributed by atoms with E-state index in [0.29, 0.717) is 31.1 Å². The van der Waals surface area contributed by atoms with E-state index in [4.69, 9.17) is 0 Å². The smallest absolute Gasteiger partial charge is 0.220 e. The lowest BCUT2D eigenvalue weighted by atomic mass is 9.51. The van der Waals surface area contributed by atoms with Gasteiger partial charge in [0.25, 0.3) is 0 Å². The Bertz CT molecular complexity index is 763. The molecule has 0 radical (unpaired) electrons. The maximum atomic E-state index is 12.9. The number of rotatable bonds is 6. The first kappa shape index (κ1) is 18.6. The third-order valence-corrected chi connectivity index (χ3v) is 8.47. The van der Waals surface area contributed by atoms with Crippen LogP contribution in [0.1, 0.15) is 69.1 Å². The van der Waals surface area contributed by atoms with Crippen LogP contribution < -0.4 is 10.6 Å². The van der Waals surface area contributed by atoms with E-state index in [2.05, 4.69) is 22.1 Å². The monoisotopic (exact) mass is 402 g/mol. The zero-order valence-electron chi connectivity index (χ0n) is 16.3. The van der Waals surface area contributed by atoms with Crippen LogP contribution in [0.15, 0.2) is 17.5 Å². The SMILES string of the molecule is O=C(CC[C@]1(Cc2cccs2)CCC(=O)N1)NC12C[C@@H]3C[C@H](CC(O)(C3)C1)C2. The van der Waals surface area contributed by atoms with Crippen molar-refractivity contribution >= 4 is 23.2 Å². The zero-order valence-corrected chi connectivity index (χ0v) is 17.2. The van der Waals surface area contributed by atoms with E-state index in [0.717, 1.165) is 44.9 Å². The average molecular weight is 403 g/mol. The molecule has 3 atom stereocenters.